The minimum absolute atomic E-state index is 0.0758. The van der Waals surface area contributed by atoms with E-state index in [0.717, 1.165) is 4.31 Å². The first-order valence-electron chi connectivity index (χ1n) is 8.07. The van der Waals surface area contributed by atoms with Crippen molar-refractivity contribution in [2.45, 2.75) is 17.7 Å². The average molecular weight is 367 g/mol. The molecule has 0 bridgehead atoms. The minimum Gasteiger partial charge on any atom is -0.378 e. The molecule has 2 aliphatic rings. The van der Waals surface area contributed by atoms with Gasteiger partial charge in [-0.15, -0.1) is 0 Å². The van der Waals surface area contributed by atoms with Crippen molar-refractivity contribution in [3.8, 4) is 0 Å². The van der Waals surface area contributed by atoms with Crippen LogP contribution in [0.15, 0.2) is 23.1 Å². The van der Waals surface area contributed by atoms with Gasteiger partial charge in [0.1, 0.15) is 0 Å². The van der Waals surface area contributed by atoms with Crippen molar-refractivity contribution in [1.29, 1.82) is 0 Å². The van der Waals surface area contributed by atoms with Gasteiger partial charge in [0, 0.05) is 25.8 Å². The van der Waals surface area contributed by atoms with Crippen LogP contribution in [0, 0.1) is 0 Å². The lowest BCUT2D eigenvalue weighted by Crippen LogP contribution is -2.46. The number of ether oxygens (including phenoxy) is 1. The van der Waals surface area contributed by atoms with Gasteiger partial charge in [0.05, 0.1) is 30.6 Å². The fraction of sp³-hybridized carbons (Fsp3) is 0.500. The Morgan fingerprint density at radius 1 is 1.36 bits per heavy atom. The van der Waals surface area contributed by atoms with Crippen LogP contribution in [0.1, 0.15) is 18.4 Å². The van der Waals surface area contributed by atoms with Gasteiger partial charge in [-0.3, -0.25) is 9.59 Å². The van der Waals surface area contributed by atoms with Crippen LogP contribution in [0.2, 0.25) is 0 Å². The van der Waals surface area contributed by atoms with E-state index in [9.17, 15) is 18.0 Å². The van der Waals surface area contributed by atoms with Gasteiger partial charge in [-0.2, -0.15) is 4.31 Å². The zero-order valence-corrected chi connectivity index (χ0v) is 15.0. The molecule has 0 spiro atoms. The van der Waals surface area contributed by atoms with Crippen molar-refractivity contribution >= 4 is 27.5 Å². The number of carbonyl (C=O) groups excluding carboxylic acids is 2. The molecule has 2 heterocycles. The lowest BCUT2D eigenvalue weighted by atomic mass is 10.0. The summed E-state index contributed by atoms with van der Waals surface area (Å²) < 4.78 is 31.8. The summed E-state index contributed by atoms with van der Waals surface area (Å²) in [5.41, 5.74) is 1.28. The number of nitrogens with zero attached hydrogens (tertiary/aromatic N) is 2. The number of nitrogens with one attached hydrogen (secondary N) is 1. The summed E-state index contributed by atoms with van der Waals surface area (Å²) in [5, 5.41) is 2.71. The fourth-order valence-corrected chi connectivity index (χ4v) is 4.08. The van der Waals surface area contributed by atoms with Crippen LogP contribution in [-0.2, 0) is 24.3 Å². The first kappa shape index (κ1) is 17.8. The molecule has 1 atom stereocenters. The molecule has 2 amide bonds. The second kappa shape index (κ2) is 6.74. The smallest absolute Gasteiger partial charge is 0.243 e. The largest absolute Gasteiger partial charge is 0.378 e. The quantitative estimate of drug-likeness (QED) is 0.821. The number of sulfonamides is 1. The van der Waals surface area contributed by atoms with Crippen molar-refractivity contribution in [3.63, 3.8) is 0 Å². The molecule has 1 fully saturated rings. The summed E-state index contributed by atoms with van der Waals surface area (Å²) in [5.74, 6) is -0.799. The highest BCUT2D eigenvalue weighted by molar-refractivity contribution is 7.89. The Bertz CT molecular complexity index is 802. The number of likely N-dealkylation sites (N-methyl/N-ethyl adjacent to an activating group) is 1. The van der Waals surface area contributed by atoms with Crippen molar-refractivity contribution in [2.24, 2.45) is 0 Å². The van der Waals surface area contributed by atoms with Gasteiger partial charge in [-0.25, -0.2) is 8.42 Å². The van der Waals surface area contributed by atoms with Crippen LogP contribution in [0.25, 0.3) is 0 Å². The predicted octanol–water partition coefficient (Wildman–Crippen LogP) is 0.222. The summed E-state index contributed by atoms with van der Waals surface area (Å²) in [7, 11) is -2.44. The number of hydrogen-bond donors (Lipinski definition) is 1. The molecule has 136 valence electrons. The van der Waals surface area contributed by atoms with Crippen molar-refractivity contribution in [2.75, 3.05) is 45.2 Å². The van der Waals surface area contributed by atoms with Crippen LogP contribution >= 0.6 is 0 Å². The molecule has 0 aliphatic carbocycles. The molecular weight excluding hydrogens is 346 g/mol. The molecule has 1 aromatic carbocycles. The lowest BCUT2D eigenvalue weighted by molar-refractivity contribution is -0.135. The molecule has 1 saturated heterocycles. The van der Waals surface area contributed by atoms with Gasteiger partial charge in [-0.05, 0) is 30.7 Å². The van der Waals surface area contributed by atoms with Gasteiger partial charge >= 0.3 is 0 Å². The normalized spacial score (nSPS) is 20.5. The van der Waals surface area contributed by atoms with E-state index in [4.69, 9.17) is 4.74 Å². The third-order valence-corrected chi connectivity index (χ3v) is 6.37. The molecule has 0 radical (unpaired) electrons. The number of benzene rings is 1. The maximum absolute atomic E-state index is 12.8. The third-order valence-electron chi connectivity index (χ3n) is 4.57. The maximum atomic E-state index is 12.8. The van der Waals surface area contributed by atoms with Crippen LogP contribution < -0.4 is 5.32 Å². The average Bonchev–Trinajstić information content (AvgIpc) is 2.89. The molecule has 8 nitrogen and oxygen atoms in total. The van der Waals surface area contributed by atoms with Crippen molar-refractivity contribution < 1.29 is 22.7 Å². The highest BCUT2D eigenvalue weighted by Gasteiger charge is 2.31. The maximum Gasteiger partial charge on any atom is 0.243 e. The summed E-state index contributed by atoms with van der Waals surface area (Å²) in [4.78, 5) is 25.7. The van der Waals surface area contributed by atoms with Crippen LogP contribution in [0.5, 0.6) is 0 Å². The standard InChI is InChI=1S/C16H21N3O5S/c1-11-13-9-12(3-4-14(13)17-16(11)21)25(22,23)18(2)10-15(20)19-5-7-24-8-6-19/h3-4,9,11H,5-8,10H2,1-2H3,(H,17,21)/t11-/m0/s1. The summed E-state index contributed by atoms with van der Waals surface area (Å²) >= 11 is 0. The van der Waals surface area contributed by atoms with Crippen LogP contribution in [0.4, 0.5) is 5.69 Å². The fourth-order valence-electron chi connectivity index (χ4n) is 2.92. The Morgan fingerprint density at radius 3 is 2.72 bits per heavy atom. The first-order valence-corrected chi connectivity index (χ1v) is 9.51. The SMILES string of the molecule is C[C@@H]1C(=O)Nc2ccc(S(=O)(=O)N(C)CC(=O)N3CCOCC3)cc21. The van der Waals surface area contributed by atoms with E-state index in [1.807, 2.05) is 0 Å². The number of hydrogen-bond acceptors (Lipinski definition) is 5. The molecule has 1 N–H and O–H groups in total. The van der Waals surface area contributed by atoms with E-state index in [-0.39, 0.29) is 23.3 Å². The molecule has 0 saturated carbocycles. The second-order valence-electron chi connectivity index (χ2n) is 6.21. The Hall–Kier alpha value is -1.97. The highest BCUT2D eigenvalue weighted by Crippen LogP contribution is 2.34. The Balaban J connectivity index is 1.77. The zero-order chi connectivity index (χ0) is 18.2. The van der Waals surface area contributed by atoms with E-state index in [0.29, 0.717) is 37.6 Å². The molecule has 2 aliphatic heterocycles. The summed E-state index contributed by atoms with van der Waals surface area (Å²) in [6.07, 6.45) is 0. The lowest BCUT2D eigenvalue weighted by Gasteiger charge is -2.28. The number of morpholine rings is 1. The molecule has 9 heteroatoms. The van der Waals surface area contributed by atoms with E-state index in [1.165, 1.54) is 19.2 Å². The van der Waals surface area contributed by atoms with E-state index in [1.54, 1.807) is 17.9 Å². The minimum atomic E-state index is -3.82. The molecule has 1 aromatic rings. The molecule has 3 rings (SSSR count). The number of anilines is 1. The predicted molar refractivity (Wildman–Crippen MR) is 90.7 cm³/mol. The molecule has 0 unspecified atom stereocenters. The Labute approximate surface area is 146 Å². The monoisotopic (exact) mass is 367 g/mol. The van der Waals surface area contributed by atoms with Crippen molar-refractivity contribution in [1.82, 2.24) is 9.21 Å². The zero-order valence-electron chi connectivity index (χ0n) is 14.2. The van der Waals surface area contributed by atoms with Gasteiger partial charge in [0.2, 0.25) is 21.8 Å². The number of rotatable bonds is 4. The van der Waals surface area contributed by atoms with Gasteiger partial charge < -0.3 is 15.0 Å². The van der Waals surface area contributed by atoms with Gasteiger partial charge in [-0.1, -0.05) is 0 Å². The van der Waals surface area contributed by atoms with Gasteiger partial charge in [0.25, 0.3) is 0 Å². The van der Waals surface area contributed by atoms with Crippen molar-refractivity contribution in [3.05, 3.63) is 23.8 Å². The Kier molecular flexibility index (Phi) is 4.81. The Morgan fingerprint density at radius 2 is 2.04 bits per heavy atom. The van der Waals surface area contributed by atoms with E-state index in [2.05, 4.69) is 5.32 Å². The number of carbonyl (C=O) groups is 2. The van der Waals surface area contributed by atoms with Crippen LogP contribution in [-0.4, -0.2) is 69.3 Å². The molecule has 25 heavy (non-hydrogen) atoms. The van der Waals surface area contributed by atoms with Gasteiger partial charge in [0.15, 0.2) is 0 Å². The first-order chi connectivity index (χ1) is 11.8. The second-order valence-corrected chi connectivity index (χ2v) is 8.26. The molecule has 0 aromatic heterocycles. The van der Waals surface area contributed by atoms with E-state index >= 15 is 0 Å². The summed E-state index contributed by atoms with van der Waals surface area (Å²) in [6.45, 7) is 3.36. The highest BCUT2D eigenvalue weighted by atomic mass is 32.2. The topological polar surface area (TPSA) is 96.0 Å². The number of fused-ring (bicyclic) bond motifs is 1. The summed E-state index contributed by atoms with van der Waals surface area (Å²) in [6, 6.07) is 4.53. The van der Waals surface area contributed by atoms with E-state index < -0.39 is 15.9 Å². The van der Waals surface area contributed by atoms with Crippen LogP contribution in [0.3, 0.4) is 0 Å². The number of amides is 2. The third kappa shape index (κ3) is 3.39. The molecular formula is C16H21N3O5S.